The van der Waals surface area contributed by atoms with Crippen LogP contribution >= 0.6 is 0 Å². The zero-order valence-corrected chi connectivity index (χ0v) is 30.5. The molecule has 0 amide bonds. The van der Waals surface area contributed by atoms with Gasteiger partial charge in [-0.05, 0) is 72.8 Å². The summed E-state index contributed by atoms with van der Waals surface area (Å²) in [5.74, 6) is -1.33. The minimum absolute atomic E-state index is 0.0285. The molecule has 0 unspecified atom stereocenters. The first-order valence-electron chi connectivity index (χ1n) is 15.4. The molecule has 0 radical (unpaired) electrons. The fourth-order valence-electron chi connectivity index (χ4n) is 6.22. The highest BCUT2D eigenvalue weighted by atomic mass is 32.2. The molecule has 56 heavy (non-hydrogen) atoms. The summed E-state index contributed by atoms with van der Waals surface area (Å²) < 4.78 is 137. The molecule has 5 aliphatic rings. The Morgan fingerprint density at radius 2 is 0.429 bits per heavy atom. The molecule has 0 aliphatic carbocycles. The van der Waals surface area contributed by atoms with Crippen LogP contribution < -0.4 is 0 Å². The monoisotopic (exact) mass is 832 g/mol. The van der Waals surface area contributed by atoms with Crippen LogP contribution in [-0.4, -0.2) is 98.6 Å². The number of amidine groups is 8. The molecule has 5 aliphatic heterocycles. The molecule has 0 atom stereocenters. The van der Waals surface area contributed by atoms with Gasteiger partial charge in [0.05, 0.1) is 19.6 Å². The van der Waals surface area contributed by atoms with Crippen molar-refractivity contribution in [1.29, 1.82) is 0 Å². The molecule has 5 heterocycles. The van der Waals surface area contributed by atoms with Crippen LogP contribution in [0.2, 0.25) is 0 Å². The standard InChI is InChI=1S/C32H16N8O12S4/c41-53(42,43)13-1-5-17-21(9-13)29-35-25(17)33-26-18-6-2-14(54(44,45)46)10-22(18)31(36-26)40-32-24-12-16(56(50,51)52)4-8-20(24)28(38-32)34-27-19-7-3-15(55(47,48)49)11-23(19)30(37-27)39-29/h1-12H,(H,41,42,43)(H,44,45,46)(H,47,48,49)(H,50,51,52). The van der Waals surface area contributed by atoms with E-state index in [1.165, 1.54) is 24.3 Å². The highest BCUT2D eigenvalue weighted by Gasteiger charge is 2.33. The SMILES string of the molecule is O=S(=O)(O)c1ccc2c(c1)C1=NC2=NC2=NC(=NC3=NC(=NC4=NC(=N1)c1cc(S(=O)(=O)O)ccc14)c1ccc(S(=O)(=O)O)cc13)c1cc(S(=O)(=O)O)ccc12. The molecule has 0 fully saturated rings. The van der Waals surface area contributed by atoms with Crippen molar-refractivity contribution in [3.8, 4) is 0 Å². The van der Waals surface area contributed by atoms with Crippen molar-refractivity contribution >= 4 is 87.2 Å². The molecule has 4 aromatic carbocycles. The van der Waals surface area contributed by atoms with Gasteiger partial charge in [0.2, 0.25) is 0 Å². The average Bonchev–Trinajstić information content (AvgIpc) is 3.84. The highest BCUT2D eigenvalue weighted by molar-refractivity contribution is 7.86. The predicted molar refractivity (Wildman–Crippen MR) is 197 cm³/mol. The lowest BCUT2D eigenvalue weighted by atomic mass is 10.1. The van der Waals surface area contributed by atoms with Crippen LogP contribution in [0.1, 0.15) is 44.5 Å². The number of rotatable bonds is 4. The Hall–Kier alpha value is -6.12. The fraction of sp³-hybridized carbons (Fsp3) is 0. The van der Waals surface area contributed by atoms with Gasteiger partial charge in [0.15, 0.2) is 46.7 Å². The van der Waals surface area contributed by atoms with Gasteiger partial charge in [0, 0.05) is 44.5 Å². The van der Waals surface area contributed by atoms with Crippen LogP contribution in [0.15, 0.2) is 132 Å². The van der Waals surface area contributed by atoms with Crippen LogP contribution in [0, 0.1) is 0 Å². The van der Waals surface area contributed by atoms with Gasteiger partial charge in [-0.1, -0.05) is 0 Å². The lowest BCUT2D eigenvalue weighted by Gasteiger charge is -2.05. The second kappa shape index (κ2) is 11.7. The van der Waals surface area contributed by atoms with Crippen LogP contribution in [0.4, 0.5) is 0 Å². The smallest absolute Gasteiger partial charge is 0.282 e. The van der Waals surface area contributed by atoms with E-state index >= 15 is 0 Å². The van der Waals surface area contributed by atoms with Gasteiger partial charge in [-0.15, -0.1) is 0 Å². The number of fused-ring (bicyclic) bond motifs is 16. The van der Waals surface area contributed by atoms with Gasteiger partial charge in [-0.25, -0.2) is 39.9 Å². The van der Waals surface area contributed by atoms with Gasteiger partial charge in [0.25, 0.3) is 40.5 Å². The lowest BCUT2D eigenvalue weighted by molar-refractivity contribution is 0.481. The first-order valence-corrected chi connectivity index (χ1v) is 21.2. The third-order valence-corrected chi connectivity index (χ3v) is 12.2. The molecule has 4 aromatic rings. The van der Waals surface area contributed by atoms with Crippen molar-refractivity contribution in [2.75, 3.05) is 0 Å². The second-order valence-corrected chi connectivity index (χ2v) is 17.9. The van der Waals surface area contributed by atoms with E-state index in [-0.39, 0.29) is 91.2 Å². The number of benzene rings is 4. The summed E-state index contributed by atoms with van der Waals surface area (Å²) in [6, 6.07) is 13.7. The lowest BCUT2D eigenvalue weighted by Crippen LogP contribution is -2.07. The molecule has 20 nitrogen and oxygen atoms in total. The Morgan fingerprint density at radius 1 is 0.268 bits per heavy atom. The van der Waals surface area contributed by atoms with Crippen molar-refractivity contribution in [3.63, 3.8) is 0 Å². The van der Waals surface area contributed by atoms with Crippen molar-refractivity contribution in [2.45, 2.75) is 19.6 Å². The Kier molecular flexibility index (Phi) is 7.43. The van der Waals surface area contributed by atoms with Gasteiger partial charge in [-0.2, -0.15) is 33.7 Å². The normalized spacial score (nSPS) is 16.9. The molecule has 0 saturated carbocycles. The summed E-state index contributed by atoms with van der Waals surface area (Å²) in [4.78, 5) is 34.1. The summed E-state index contributed by atoms with van der Waals surface area (Å²) in [6.45, 7) is 0. The molecule has 280 valence electrons. The first-order chi connectivity index (χ1) is 26.2. The molecule has 8 bridgehead atoms. The van der Waals surface area contributed by atoms with E-state index in [2.05, 4.69) is 39.9 Å². The quantitative estimate of drug-likeness (QED) is 0.214. The van der Waals surface area contributed by atoms with E-state index in [0.717, 1.165) is 48.5 Å². The molecule has 24 heteroatoms. The summed E-state index contributed by atoms with van der Waals surface area (Å²) in [5, 5.41) is 0. The second-order valence-electron chi connectivity index (χ2n) is 12.2. The highest BCUT2D eigenvalue weighted by Crippen LogP contribution is 2.32. The predicted octanol–water partition coefficient (Wildman–Crippen LogP) is 1.81. The molecule has 9 rings (SSSR count). The van der Waals surface area contributed by atoms with Crippen molar-refractivity contribution in [2.24, 2.45) is 39.9 Å². The number of hydrogen-bond acceptors (Lipinski definition) is 16. The molecule has 0 spiro atoms. The van der Waals surface area contributed by atoms with Crippen LogP contribution in [0.3, 0.4) is 0 Å². The van der Waals surface area contributed by atoms with Crippen molar-refractivity contribution < 1.29 is 51.9 Å². The number of aliphatic imine (C=N–C) groups is 8. The van der Waals surface area contributed by atoms with Crippen LogP contribution in [0.5, 0.6) is 0 Å². The van der Waals surface area contributed by atoms with E-state index < -0.39 is 60.1 Å². The van der Waals surface area contributed by atoms with Gasteiger partial charge >= 0.3 is 0 Å². The Morgan fingerprint density at radius 3 is 0.589 bits per heavy atom. The largest absolute Gasteiger partial charge is 0.294 e. The van der Waals surface area contributed by atoms with Crippen LogP contribution in [0.25, 0.3) is 0 Å². The first kappa shape index (κ1) is 35.6. The summed E-state index contributed by atoms with van der Waals surface area (Å²) in [6.07, 6.45) is 0. The maximum absolute atomic E-state index is 12.2. The average molecular weight is 833 g/mol. The Bertz CT molecular complexity index is 3120. The minimum atomic E-state index is -4.75. The number of hydrogen-bond donors (Lipinski definition) is 4. The summed E-state index contributed by atoms with van der Waals surface area (Å²) in [5.41, 5.74) is 0.817. The maximum Gasteiger partial charge on any atom is 0.294 e. The summed E-state index contributed by atoms with van der Waals surface area (Å²) >= 11 is 0. The van der Waals surface area contributed by atoms with Crippen molar-refractivity contribution in [3.05, 3.63) is 117 Å². The third kappa shape index (κ3) is 5.87. The molecule has 4 N–H and O–H groups in total. The zero-order chi connectivity index (χ0) is 39.7. The minimum Gasteiger partial charge on any atom is -0.282 e. The molecular formula is C32H16N8O12S4. The molecule has 0 aromatic heterocycles. The van der Waals surface area contributed by atoms with E-state index in [1.54, 1.807) is 0 Å². The van der Waals surface area contributed by atoms with Gasteiger partial charge in [-0.3, -0.25) is 18.2 Å². The van der Waals surface area contributed by atoms with Crippen LogP contribution in [-0.2, 0) is 40.5 Å². The zero-order valence-electron chi connectivity index (χ0n) is 27.2. The van der Waals surface area contributed by atoms with Crippen molar-refractivity contribution in [1.82, 2.24) is 0 Å². The fourth-order valence-corrected chi connectivity index (χ4v) is 8.25. The van der Waals surface area contributed by atoms with E-state index in [0.29, 0.717) is 0 Å². The van der Waals surface area contributed by atoms with E-state index in [1.807, 2.05) is 0 Å². The Balaban J connectivity index is 1.37. The maximum atomic E-state index is 12.2. The number of nitrogens with zero attached hydrogens (tertiary/aromatic N) is 8. The summed E-state index contributed by atoms with van der Waals surface area (Å²) in [7, 11) is -19.0. The molecule has 0 saturated heterocycles. The third-order valence-electron chi connectivity index (χ3n) is 8.78. The van der Waals surface area contributed by atoms with Gasteiger partial charge < -0.3 is 0 Å². The Labute approximate surface area is 314 Å². The van der Waals surface area contributed by atoms with E-state index in [9.17, 15) is 51.9 Å². The van der Waals surface area contributed by atoms with Gasteiger partial charge in [0.1, 0.15) is 0 Å². The van der Waals surface area contributed by atoms with E-state index in [4.69, 9.17) is 0 Å². The topological polar surface area (TPSA) is 316 Å². The molecular weight excluding hydrogens is 817 g/mol.